The first-order chi connectivity index (χ1) is 9.90. The summed E-state index contributed by atoms with van der Waals surface area (Å²) >= 11 is 3.50. The van der Waals surface area contributed by atoms with E-state index in [2.05, 4.69) is 35.1 Å². The fourth-order valence-electron chi connectivity index (χ4n) is 5.59. The van der Waals surface area contributed by atoms with E-state index in [4.69, 9.17) is 0 Å². The molecule has 0 unspecified atom stereocenters. The summed E-state index contributed by atoms with van der Waals surface area (Å²) < 4.78 is 0. The second-order valence-corrected chi connectivity index (χ2v) is 9.77. The van der Waals surface area contributed by atoms with Gasteiger partial charge in [0.05, 0.1) is 0 Å². The predicted octanol–water partition coefficient (Wildman–Crippen LogP) is 4.52. The molecule has 0 atom stereocenters. The van der Waals surface area contributed by atoms with Crippen LogP contribution < -0.4 is 5.32 Å². The summed E-state index contributed by atoms with van der Waals surface area (Å²) in [4.78, 5) is 12.5. The minimum absolute atomic E-state index is 0.195. The van der Waals surface area contributed by atoms with Gasteiger partial charge in [0.1, 0.15) is 0 Å². The van der Waals surface area contributed by atoms with Gasteiger partial charge >= 0.3 is 0 Å². The number of hydrogen-bond acceptors (Lipinski definition) is 1. The first-order valence-corrected chi connectivity index (χ1v) is 9.85. The lowest BCUT2D eigenvalue weighted by atomic mass is 9.49. The summed E-state index contributed by atoms with van der Waals surface area (Å²) in [6.07, 6.45) is 10.3. The van der Waals surface area contributed by atoms with Crippen LogP contribution in [0.2, 0.25) is 0 Å². The average Bonchev–Trinajstić information content (AvgIpc) is 2.34. The van der Waals surface area contributed by atoms with Crippen molar-refractivity contribution in [2.45, 2.75) is 65.2 Å². The van der Waals surface area contributed by atoms with Crippen LogP contribution in [0.25, 0.3) is 0 Å². The Morgan fingerprint density at radius 3 is 2.14 bits per heavy atom. The van der Waals surface area contributed by atoms with E-state index >= 15 is 0 Å². The van der Waals surface area contributed by atoms with E-state index in [-0.39, 0.29) is 5.41 Å². The summed E-state index contributed by atoms with van der Waals surface area (Å²) in [6, 6.07) is 0. The van der Waals surface area contributed by atoms with Crippen LogP contribution in [0, 0.1) is 28.6 Å². The molecule has 4 rings (SSSR count). The number of halogens is 1. The molecule has 0 radical (unpaired) electrons. The van der Waals surface area contributed by atoms with Crippen molar-refractivity contribution in [3.8, 4) is 0 Å². The molecule has 4 fully saturated rings. The van der Waals surface area contributed by atoms with Gasteiger partial charge in [-0.1, -0.05) is 29.8 Å². The SMILES string of the molecule is CC(C)(CCBr)CNC(=O)CC12CC3CC(CC(C3)C1)C2. The van der Waals surface area contributed by atoms with Crippen LogP contribution in [-0.4, -0.2) is 17.8 Å². The Labute approximate surface area is 138 Å². The minimum Gasteiger partial charge on any atom is -0.356 e. The fraction of sp³-hybridized carbons (Fsp3) is 0.944. The van der Waals surface area contributed by atoms with Gasteiger partial charge < -0.3 is 5.32 Å². The van der Waals surface area contributed by atoms with Gasteiger partial charge in [0.15, 0.2) is 0 Å². The summed E-state index contributed by atoms with van der Waals surface area (Å²) in [5.41, 5.74) is 0.568. The van der Waals surface area contributed by atoms with Crippen molar-refractivity contribution >= 4 is 21.8 Å². The standard InChI is InChI=1S/C18H30BrNO/c1-17(2,3-4-19)12-20-16(21)11-18-8-13-5-14(9-18)7-15(6-13)10-18/h13-15H,3-12H2,1-2H3,(H,20,21). The van der Waals surface area contributed by atoms with Crippen LogP contribution >= 0.6 is 15.9 Å². The van der Waals surface area contributed by atoms with Crippen LogP contribution in [0.1, 0.15) is 65.2 Å². The maximum Gasteiger partial charge on any atom is 0.220 e. The van der Waals surface area contributed by atoms with Gasteiger partial charge in [-0.05, 0) is 73.5 Å². The molecule has 1 amide bonds. The zero-order valence-corrected chi connectivity index (χ0v) is 15.2. The molecular weight excluding hydrogens is 326 g/mol. The molecule has 4 bridgehead atoms. The van der Waals surface area contributed by atoms with Gasteiger partial charge in [-0.15, -0.1) is 0 Å². The number of hydrogen-bond donors (Lipinski definition) is 1. The molecule has 21 heavy (non-hydrogen) atoms. The zero-order valence-electron chi connectivity index (χ0n) is 13.6. The molecule has 2 nitrogen and oxygen atoms in total. The van der Waals surface area contributed by atoms with Crippen LogP contribution in [0.5, 0.6) is 0 Å². The third-order valence-electron chi connectivity index (χ3n) is 6.24. The van der Waals surface area contributed by atoms with Crippen molar-refractivity contribution in [1.29, 1.82) is 0 Å². The van der Waals surface area contributed by atoms with E-state index in [9.17, 15) is 4.79 Å². The van der Waals surface area contributed by atoms with Crippen molar-refractivity contribution in [2.75, 3.05) is 11.9 Å². The Hall–Kier alpha value is -0.0500. The van der Waals surface area contributed by atoms with Gasteiger partial charge in [0.25, 0.3) is 0 Å². The molecule has 0 aromatic rings. The molecule has 4 aliphatic rings. The van der Waals surface area contributed by atoms with Crippen molar-refractivity contribution < 1.29 is 4.79 Å². The van der Waals surface area contributed by atoms with E-state index in [1.165, 1.54) is 38.5 Å². The lowest BCUT2D eigenvalue weighted by Gasteiger charge is -2.56. The van der Waals surface area contributed by atoms with E-state index < -0.39 is 0 Å². The highest BCUT2D eigenvalue weighted by Crippen LogP contribution is 2.61. The molecule has 120 valence electrons. The summed E-state index contributed by atoms with van der Waals surface area (Å²) in [5, 5.41) is 4.23. The van der Waals surface area contributed by atoms with E-state index in [1.807, 2.05) is 0 Å². The summed E-state index contributed by atoms with van der Waals surface area (Å²) in [6.45, 7) is 5.28. The maximum atomic E-state index is 12.5. The highest BCUT2D eigenvalue weighted by molar-refractivity contribution is 9.09. The second kappa shape index (κ2) is 5.86. The number of carbonyl (C=O) groups is 1. The molecule has 4 saturated carbocycles. The Kier molecular flexibility index (Phi) is 4.42. The van der Waals surface area contributed by atoms with Crippen molar-refractivity contribution in [1.82, 2.24) is 5.32 Å². The summed E-state index contributed by atoms with van der Waals surface area (Å²) in [5.74, 6) is 3.12. The number of rotatable bonds is 6. The smallest absolute Gasteiger partial charge is 0.220 e. The number of alkyl halides is 1. The first-order valence-electron chi connectivity index (χ1n) is 8.72. The molecule has 3 heteroatoms. The maximum absolute atomic E-state index is 12.5. The topological polar surface area (TPSA) is 29.1 Å². The third kappa shape index (κ3) is 3.65. The molecule has 0 saturated heterocycles. The van der Waals surface area contributed by atoms with Crippen LogP contribution in [0.3, 0.4) is 0 Å². The van der Waals surface area contributed by atoms with Gasteiger partial charge in [-0.3, -0.25) is 4.79 Å². The van der Waals surface area contributed by atoms with Gasteiger partial charge in [-0.25, -0.2) is 0 Å². The number of carbonyl (C=O) groups excluding carboxylic acids is 1. The molecule has 0 aromatic heterocycles. The predicted molar refractivity (Wildman–Crippen MR) is 90.4 cm³/mol. The highest BCUT2D eigenvalue weighted by atomic mass is 79.9. The minimum atomic E-state index is 0.195. The molecule has 0 heterocycles. The normalized spacial score (nSPS) is 37.8. The lowest BCUT2D eigenvalue weighted by molar-refractivity contribution is -0.129. The van der Waals surface area contributed by atoms with Gasteiger partial charge in [0.2, 0.25) is 5.91 Å². The Bertz CT molecular complexity index is 369. The van der Waals surface area contributed by atoms with Crippen LogP contribution in [-0.2, 0) is 4.79 Å². The molecular formula is C18H30BrNO. The third-order valence-corrected chi connectivity index (χ3v) is 6.63. The van der Waals surface area contributed by atoms with Crippen molar-refractivity contribution in [3.63, 3.8) is 0 Å². The monoisotopic (exact) mass is 355 g/mol. The Balaban J connectivity index is 1.53. The summed E-state index contributed by atoms with van der Waals surface area (Å²) in [7, 11) is 0. The molecule has 1 N–H and O–H groups in total. The van der Waals surface area contributed by atoms with Crippen molar-refractivity contribution in [3.05, 3.63) is 0 Å². The molecule has 0 aliphatic heterocycles. The number of amides is 1. The zero-order chi connectivity index (χ0) is 15.1. The molecule has 0 spiro atoms. The van der Waals surface area contributed by atoms with Crippen LogP contribution in [0.15, 0.2) is 0 Å². The first kappa shape index (κ1) is 15.8. The van der Waals surface area contributed by atoms with E-state index in [0.717, 1.165) is 42.5 Å². The van der Waals surface area contributed by atoms with Crippen molar-refractivity contribution in [2.24, 2.45) is 28.6 Å². The molecule has 0 aromatic carbocycles. The average molecular weight is 356 g/mol. The quantitative estimate of drug-likeness (QED) is 0.697. The van der Waals surface area contributed by atoms with E-state index in [1.54, 1.807) is 0 Å². The fourth-order valence-corrected chi connectivity index (χ4v) is 6.67. The van der Waals surface area contributed by atoms with E-state index in [0.29, 0.717) is 11.3 Å². The van der Waals surface area contributed by atoms with Crippen LogP contribution in [0.4, 0.5) is 0 Å². The Morgan fingerprint density at radius 1 is 1.14 bits per heavy atom. The number of nitrogens with one attached hydrogen (secondary N) is 1. The highest BCUT2D eigenvalue weighted by Gasteiger charge is 2.51. The molecule has 4 aliphatic carbocycles. The largest absolute Gasteiger partial charge is 0.356 e. The second-order valence-electron chi connectivity index (χ2n) is 8.97. The van der Waals surface area contributed by atoms with Gasteiger partial charge in [-0.2, -0.15) is 0 Å². The Morgan fingerprint density at radius 2 is 1.67 bits per heavy atom. The van der Waals surface area contributed by atoms with Gasteiger partial charge in [0, 0.05) is 18.3 Å². The lowest BCUT2D eigenvalue weighted by Crippen LogP contribution is -2.48.